The van der Waals surface area contributed by atoms with Crippen molar-refractivity contribution in [2.24, 2.45) is 5.73 Å². The monoisotopic (exact) mass is 257 g/mol. The Morgan fingerprint density at radius 2 is 1.63 bits per heavy atom. The van der Waals surface area contributed by atoms with Crippen molar-refractivity contribution in [1.82, 2.24) is 0 Å². The topological polar surface area (TPSA) is 44.5 Å². The summed E-state index contributed by atoms with van der Waals surface area (Å²) in [6, 6.07) is 17.9. The third-order valence-electron chi connectivity index (χ3n) is 2.74. The number of hydrogen-bond acceptors (Lipinski definition) is 3. The lowest BCUT2D eigenvalue weighted by molar-refractivity contribution is 0.0889. The number of ether oxygens (including phenoxy) is 2. The van der Waals surface area contributed by atoms with Crippen LogP contribution < -0.4 is 10.5 Å². The van der Waals surface area contributed by atoms with Crippen LogP contribution >= 0.6 is 0 Å². The predicted octanol–water partition coefficient (Wildman–Crippen LogP) is 2.74. The minimum absolute atomic E-state index is 0.529. The molecule has 0 aromatic heterocycles. The Bertz CT molecular complexity index is 485. The highest BCUT2D eigenvalue weighted by Crippen LogP contribution is 2.12. The fraction of sp³-hybridized carbons (Fsp3) is 0.250. The first-order valence-corrected chi connectivity index (χ1v) is 6.42. The summed E-state index contributed by atoms with van der Waals surface area (Å²) in [5, 5.41) is 0. The van der Waals surface area contributed by atoms with Crippen molar-refractivity contribution < 1.29 is 9.47 Å². The van der Waals surface area contributed by atoms with E-state index in [1.54, 1.807) is 0 Å². The molecule has 0 spiro atoms. The van der Waals surface area contributed by atoms with E-state index in [1.807, 2.05) is 54.6 Å². The minimum Gasteiger partial charge on any atom is -0.491 e. The largest absolute Gasteiger partial charge is 0.491 e. The van der Waals surface area contributed by atoms with Crippen molar-refractivity contribution in [2.75, 3.05) is 13.2 Å². The maximum atomic E-state index is 5.61. The molecule has 0 atom stereocenters. The second kappa shape index (κ2) is 7.56. The quantitative estimate of drug-likeness (QED) is 0.776. The molecule has 0 saturated heterocycles. The molecule has 2 N–H and O–H groups in total. The van der Waals surface area contributed by atoms with Crippen molar-refractivity contribution in [1.29, 1.82) is 0 Å². The van der Waals surface area contributed by atoms with E-state index in [4.69, 9.17) is 15.2 Å². The number of nitrogens with two attached hydrogens (primary N) is 1. The molecule has 2 rings (SSSR count). The smallest absolute Gasteiger partial charge is 0.119 e. The molecular formula is C16H19NO2. The Labute approximate surface area is 114 Å². The van der Waals surface area contributed by atoms with Gasteiger partial charge in [0.1, 0.15) is 12.4 Å². The van der Waals surface area contributed by atoms with Gasteiger partial charge in [0.05, 0.1) is 13.2 Å². The summed E-state index contributed by atoms with van der Waals surface area (Å²) in [6.07, 6.45) is 0. The highest BCUT2D eigenvalue weighted by atomic mass is 16.5. The Morgan fingerprint density at radius 1 is 0.842 bits per heavy atom. The van der Waals surface area contributed by atoms with E-state index in [9.17, 15) is 0 Å². The van der Waals surface area contributed by atoms with Crippen LogP contribution in [0.1, 0.15) is 11.1 Å². The molecule has 2 aromatic rings. The van der Waals surface area contributed by atoms with Gasteiger partial charge in [-0.3, -0.25) is 0 Å². The third-order valence-corrected chi connectivity index (χ3v) is 2.74. The van der Waals surface area contributed by atoms with Crippen LogP contribution in [0.4, 0.5) is 0 Å². The van der Waals surface area contributed by atoms with Crippen LogP contribution in [0.3, 0.4) is 0 Å². The molecule has 0 bridgehead atoms. The molecule has 0 heterocycles. The zero-order valence-corrected chi connectivity index (χ0v) is 10.9. The standard InChI is InChI=1S/C16H19NO2/c17-12-15-7-4-8-16(11-15)19-10-9-18-13-14-5-2-1-3-6-14/h1-8,11H,9-10,12-13,17H2. The van der Waals surface area contributed by atoms with Gasteiger partial charge in [0.2, 0.25) is 0 Å². The van der Waals surface area contributed by atoms with E-state index < -0.39 is 0 Å². The molecule has 0 amide bonds. The normalized spacial score (nSPS) is 10.4. The van der Waals surface area contributed by atoms with E-state index in [-0.39, 0.29) is 0 Å². The van der Waals surface area contributed by atoms with Crippen LogP contribution in [-0.2, 0) is 17.9 Å². The zero-order valence-electron chi connectivity index (χ0n) is 10.9. The first-order chi connectivity index (χ1) is 9.38. The summed E-state index contributed by atoms with van der Waals surface area (Å²) >= 11 is 0. The molecule has 3 heteroatoms. The van der Waals surface area contributed by atoms with E-state index in [0.29, 0.717) is 26.4 Å². The van der Waals surface area contributed by atoms with E-state index in [1.165, 1.54) is 5.56 Å². The van der Waals surface area contributed by atoms with Crippen molar-refractivity contribution in [3.8, 4) is 5.75 Å². The molecule has 3 nitrogen and oxygen atoms in total. The van der Waals surface area contributed by atoms with Crippen LogP contribution in [0.2, 0.25) is 0 Å². The molecule has 0 aliphatic rings. The van der Waals surface area contributed by atoms with Gasteiger partial charge in [-0.15, -0.1) is 0 Å². The van der Waals surface area contributed by atoms with Crippen LogP contribution in [-0.4, -0.2) is 13.2 Å². The second-order valence-electron chi connectivity index (χ2n) is 4.24. The van der Waals surface area contributed by atoms with Gasteiger partial charge in [-0.1, -0.05) is 42.5 Å². The summed E-state index contributed by atoms with van der Waals surface area (Å²) in [7, 11) is 0. The first-order valence-electron chi connectivity index (χ1n) is 6.42. The lowest BCUT2D eigenvalue weighted by Crippen LogP contribution is -2.07. The molecular weight excluding hydrogens is 238 g/mol. The van der Waals surface area contributed by atoms with Gasteiger partial charge in [-0.2, -0.15) is 0 Å². The van der Waals surface area contributed by atoms with Gasteiger partial charge in [0.15, 0.2) is 0 Å². The summed E-state index contributed by atoms with van der Waals surface area (Å²) in [4.78, 5) is 0. The minimum atomic E-state index is 0.529. The average Bonchev–Trinajstić information content (AvgIpc) is 2.48. The summed E-state index contributed by atoms with van der Waals surface area (Å²) in [5.41, 5.74) is 7.82. The van der Waals surface area contributed by atoms with Gasteiger partial charge < -0.3 is 15.2 Å². The predicted molar refractivity (Wildman–Crippen MR) is 75.9 cm³/mol. The van der Waals surface area contributed by atoms with Crippen molar-refractivity contribution >= 4 is 0 Å². The second-order valence-corrected chi connectivity index (χ2v) is 4.24. The van der Waals surface area contributed by atoms with E-state index >= 15 is 0 Å². The number of hydrogen-bond donors (Lipinski definition) is 1. The van der Waals surface area contributed by atoms with Crippen LogP contribution in [0, 0.1) is 0 Å². The van der Waals surface area contributed by atoms with Crippen LogP contribution in [0.5, 0.6) is 5.75 Å². The zero-order chi connectivity index (χ0) is 13.3. The Kier molecular flexibility index (Phi) is 5.41. The summed E-state index contributed by atoms with van der Waals surface area (Å²) in [6.45, 7) is 2.26. The summed E-state index contributed by atoms with van der Waals surface area (Å²) in [5.74, 6) is 0.839. The van der Waals surface area contributed by atoms with Crippen molar-refractivity contribution in [2.45, 2.75) is 13.2 Å². The highest BCUT2D eigenvalue weighted by Gasteiger charge is 1.96. The molecule has 19 heavy (non-hydrogen) atoms. The highest BCUT2D eigenvalue weighted by molar-refractivity contribution is 5.28. The third kappa shape index (κ3) is 4.73. The molecule has 0 saturated carbocycles. The van der Waals surface area contributed by atoms with Gasteiger partial charge in [-0.25, -0.2) is 0 Å². The summed E-state index contributed by atoms with van der Waals surface area (Å²) < 4.78 is 11.2. The van der Waals surface area contributed by atoms with Crippen LogP contribution in [0.25, 0.3) is 0 Å². The van der Waals surface area contributed by atoms with Gasteiger partial charge in [0, 0.05) is 6.54 Å². The number of benzene rings is 2. The first kappa shape index (κ1) is 13.6. The lowest BCUT2D eigenvalue weighted by Gasteiger charge is -2.08. The van der Waals surface area contributed by atoms with Crippen molar-refractivity contribution in [3.05, 3.63) is 65.7 Å². The van der Waals surface area contributed by atoms with Gasteiger partial charge in [0.25, 0.3) is 0 Å². The van der Waals surface area contributed by atoms with Gasteiger partial charge in [-0.05, 0) is 23.3 Å². The Hall–Kier alpha value is -1.84. The van der Waals surface area contributed by atoms with E-state index in [0.717, 1.165) is 11.3 Å². The Morgan fingerprint density at radius 3 is 2.42 bits per heavy atom. The van der Waals surface area contributed by atoms with Gasteiger partial charge >= 0.3 is 0 Å². The maximum Gasteiger partial charge on any atom is 0.119 e. The maximum absolute atomic E-state index is 5.61. The molecule has 0 aliphatic carbocycles. The van der Waals surface area contributed by atoms with Crippen LogP contribution in [0.15, 0.2) is 54.6 Å². The fourth-order valence-electron chi connectivity index (χ4n) is 1.74. The molecule has 0 unspecified atom stereocenters. The lowest BCUT2D eigenvalue weighted by atomic mass is 10.2. The molecule has 0 radical (unpaired) electrons. The molecule has 100 valence electrons. The average molecular weight is 257 g/mol. The van der Waals surface area contributed by atoms with Crippen molar-refractivity contribution in [3.63, 3.8) is 0 Å². The molecule has 2 aromatic carbocycles. The molecule has 0 fully saturated rings. The Balaban J connectivity index is 1.66. The van der Waals surface area contributed by atoms with E-state index in [2.05, 4.69) is 0 Å². The SMILES string of the molecule is NCc1cccc(OCCOCc2ccccc2)c1. The fourth-order valence-corrected chi connectivity index (χ4v) is 1.74. The number of rotatable bonds is 7. The molecule has 0 aliphatic heterocycles.